The highest BCUT2D eigenvalue weighted by Crippen LogP contribution is 2.42. The second kappa shape index (κ2) is 19.6. The Morgan fingerprint density at radius 2 is 1.67 bits per heavy atom. The van der Waals surface area contributed by atoms with Gasteiger partial charge in [0.2, 0.25) is 23.7 Å². The Morgan fingerprint density at radius 3 is 2.33 bits per heavy atom. The summed E-state index contributed by atoms with van der Waals surface area (Å²) in [4.78, 5) is 59.3. The van der Waals surface area contributed by atoms with Crippen molar-refractivity contribution >= 4 is 91.5 Å². The van der Waals surface area contributed by atoms with Gasteiger partial charge in [0.05, 0.1) is 47.1 Å². The lowest BCUT2D eigenvalue weighted by Gasteiger charge is -2.43. The van der Waals surface area contributed by atoms with Gasteiger partial charge in [-0.05, 0) is 84.8 Å². The van der Waals surface area contributed by atoms with Gasteiger partial charge in [-0.2, -0.15) is 4.98 Å². The van der Waals surface area contributed by atoms with E-state index in [0.29, 0.717) is 52.1 Å². The molecule has 3 amide bonds. The second-order valence-electron chi connectivity index (χ2n) is 17.4. The molecule has 3 aliphatic rings. The minimum atomic E-state index is -2.74. The summed E-state index contributed by atoms with van der Waals surface area (Å²) in [5.41, 5.74) is 4.18. The minimum absolute atomic E-state index is 0.00735. The number of likely N-dealkylation sites (N-methyl/N-ethyl adjacent to an activating group) is 1. The zero-order chi connectivity index (χ0) is 46.9. The summed E-state index contributed by atoms with van der Waals surface area (Å²) in [6, 6.07) is 14.5. The van der Waals surface area contributed by atoms with Gasteiger partial charge in [0.1, 0.15) is 30.3 Å². The zero-order valence-electron chi connectivity index (χ0n) is 37.7. The third-order valence-electron chi connectivity index (χ3n) is 12.8. The lowest BCUT2D eigenvalue weighted by atomic mass is 9.89. The molecule has 15 nitrogen and oxygen atoms in total. The van der Waals surface area contributed by atoms with Crippen LogP contribution in [0.25, 0.3) is 10.9 Å². The fraction of sp³-hybridized carbons (Fsp3) is 0.404. The van der Waals surface area contributed by atoms with E-state index < -0.39 is 36.5 Å². The van der Waals surface area contributed by atoms with Crippen molar-refractivity contribution < 1.29 is 32.5 Å². The van der Waals surface area contributed by atoms with Crippen LogP contribution in [-0.4, -0.2) is 122 Å². The SMILES string of the molecule is CCc1cc(Nc2ncc(Br)c(Nc3cnc4ccccc4c3P(C)(C)=O)n2)c(OC)cc1N1CCC(N2CCN(C(=O)CN(C)c3cc(F)c(C4CCC(=O)NC4=O)c(F)c3)CC2)CC1. The highest BCUT2D eigenvalue weighted by atomic mass is 79.9. The van der Waals surface area contributed by atoms with E-state index in [2.05, 4.69) is 70.7 Å². The van der Waals surface area contributed by atoms with E-state index in [1.54, 1.807) is 44.8 Å². The number of nitrogens with one attached hydrogen (secondary N) is 3. The Kier molecular flexibility index (Phi) is 13.9. The number of amides is 3. The zero-order valence-corrected chi connectivity index (χ0v) is 40.1. The van der Waals surface area contributed by atoms with Crippen molar-refractivity contribution in [3.63, 3.8) is 0 Å². The molecule has 66 heavy (non-hydrogen) atoms. The van der Waals surface area contributed by atoms with Gasteiger partial charge in [0.15, 0.2) is 0 Å². The molecular formula is C47H54BrF2N10O5P. The standard InChI is InChI=1S/C47H54BrF2N10O5P/c1-6-28-21-37(54-47-52-25-33(48)45(56-47)53-38-26-51-36-10-8-7-9-31(36)44(38)66(4,5)64)40(65-3)24-39(28)59-15-13-29(14-16-59)58-17-19-60(20-18-58)42(62)27-57(2)30-22-34(49)43(35(50)23-30)32-11-12-41(61)55-46(32)63/h7-10,21-26,29,32H,6,11-20,27H2,1-5H3,(H,55,61,63)(H2,52,53,54,56). The largest absolute Gasteiger partial charge is 0.494 e. The van der Waals surface area contributed by atoms with Crippen molar-refractivity contribution in [1.29, 1.82) is 0 Å². The van der Waals surface area contributed by atoms with Crippen molar-refractivity contribution in [2.24, 2.45) is 0 Å². The number of imide groups is 1. The Morgan fingerprint density at radius 1 is 0.955 bits per heavy atom. The van der Waals surface area contributed by atoms with Crippen LogP contribution in [0.4, 0.5) is 43.3 Å². The fourth-order valence-electron chi connectivity index (χ4n) is 9.32. The smallest absolute Gasteiger partial charge is 0.242 e. The first-order chi connectivity index (χ1) is 31.6. The molecular weight excluding hydrogens is 933 g/mol. The van der Waals surface area contributed by atoms with Crippen molar-refractivity contribution in [2.75, 3.05) is 93.7 Å². The highest BCUT2D eigenvalue weighted by Gasteiger charge is 2.34. The van der Waals surface area contributed by atoms with Gasteiger partial charge in [-0.1, -0.05) is 25.1 Å². The van der Waals surface area contributed by atoms with E-state index in [0.717, 1.165) is 85.4 Å². The number of anilines is 6. The molecule has 0 spiro atoms. The number of rotatable bonds is 13. The number of piperidine rings is 2. The molecule has 348 valence electrons. The highest BCUT2D eigenvalue weighted by molar-refractivity contribution is 9.10. The maximum atomic E-state index is 15.2. The van der Waals surface area contributed by atoms with Crippen LogP contribution in [0.3, 0.4) is 0 Å². The molecule has 8 rings (SSSR count). The summed E-state index contributed by atoms with van der Waals surface area (Å²) in [6.07, 6.45) is 6.09. The van der Waals surface area contributed by atoms with E-state index in [1.165, 1.54) is 4.90 Å². The molecule has 3 aromatic carbocycles. The van der Waals surface area contributed by atoms with Gasteiger partial charge in [-0.25, -0.2) is 13.8 Å². The number of hydrogen-bond donors (Lipinski definition) is 3. The molecule has 0 radical (unpaired) electrons. The molecule has 0 bridgehead atoms. The molecule has 5 aromatic rings. The summed E-state index contributed by atoms with van der Waals surface area (Å²) in [7, 11) is 0.514. The number of aromatic nitrogens is 3. The van der Waals surface area contributed by atoms with Gasteiger partial charge in [-0.3, -0.25) is 29.6 Å². The minimum Gasteiger partial charge on any atom is -0.494 e. The Labute approximate surface area is 391 Å². The quantitative estimate of drug-likeness (QED) is 0.0807. The number of fused-ring (bicyclic) bond motifs is 1. The third-order valence-corrected chi connectivity index (χ3v) is 14.9. The van der Waals surface area contributed by atoms with Crippen LogP contribution in [0, 0.1) is 11.6 Å². The number of methoxy groups -OCH3 is 1. The first kappa shape index (κ1) is 46.8. The Balaban J connectivity index is 0.867. The Hall–Kier alpha value is -5.71. The van der Waals surface area contributed by atoms with Crippen molar-refractivity contribution in [3.05, 3.63) is 88.2 Å². The molecule has 5 heterocycles. The normalized spacial score (nSPS) is 17.5. The van der Waals surface area contributed by atoms with Crippen molar-refractivity contribution in [2.45, 2.75) is 51.0 Å². The number of hydrogen-bond acceptors (Lipinski definition) is 13. The molecule has 0 saturated carbocycles. The molecule has 3 N–H and O–H groups in total. The first-order valence-corrected chi connectivity index (χ1v) is 25.5. The second-order valence-corrected chi connectivity index (χ2v) is 21.4. The molecule has 3 aliphatic heterocycles. The summed E-state index contributed by atoms with van der Waals surface area (Å²) < 4.78 is 50.5. The molecule has 19 heteroatoms. The number of para-hydroxylation sites is 1. The summed E-state index contributed by atoms with van der Waals surface area (Å²) in [5.74, 6) is -2.69. The summed E-state index contributed by atoms with van der Waals surface area (Å²) >= 11 is 3.58. The number of nitrogens with zero attached hydrogens (tertiary/aromatic N) is 7. The number of benzene rings is 3. The predicted octanol–water partition coefficient (Wildman–Crippen LogP) is 7.14. The van der Waals surface area contributed by atoms with E-state index in [1.807, 2.05) is 24.3 Å². The number of ether oxygens (including phenoxy) is 1. The molecule has 3 saturated heterocycles. The number of carbonyl (C=O) groups excluding carboxylic acids is 3. The lowest BCUT2D eigenvalue weighted by Crippen LogP contribution is -2.55. The fourth-order valence-corrected chi connectivity index (χ4v) is 11.1. The molecule has 2 aromatic heterocycles. The first-order valence-electron chi connectivity index (χ1n) is 22.1. The average Bonchev–Trinajstić information content (AvgIpc) is 3.30. The number of aryl methyl sites for hydroxylation is 1. The molecule has 3 fully saturated rings. The molecule has 1 atom stereocenters. The monoisotopic (exact) mass is 986 g/mol. The third kappa shape index (κ3) is 10.0. The Bertz CT molecular complexity index is 2700. The van der Waals surface area contributed by atoms with Crippen LogP contribution >= 0.6 is 23.1 Å². The van der Waals surface area contributed by atoms with Crippen LogP contribution in [0.2, 0.25) is 0 Å². The number of piperazine rings is 1. The average molecular weight is 988 g/mol. The van der Waals surface area contributed by atoms with Gasteiger partial charge in [0.25, 0.3) is 0 Å². The van der Waals surface area contributed by atoms with Gasteiger partial charge >= 0.3 is 0 Å². The number of halogens is 3. The van der Waals surface area contributed by atoms with E-state index >= 15 is 8.78 Å². The van der Waals surface area contributed by atoms with E-state index in [-0.39, 0.29) is 36.5 Å². The van der Waals surface area contributed by atoms with E-state index in [9.17, 15) is 18.9 Å². The number of pyridine rings is 1. The van der Waals surface area contributed by atoms with Gasteiger partial charge < -0.3 is 34.6 Å². The molecule has 0 aliphatic carbocycles. The number of carbonyl (C=O) groups is 3. The van der Waals surface area contributed by atoms with Crippen molar-refractivity contribution in [1.82, 2.24) is 30.1 Å². The van der Waals surface area contributed by atoms with Crippen LogP contribution in [0.15, 0.2) is 65.4 Å². The maximum Gasteiger partial charge on any atom is 0.242 e. The summed E-state index contributed by atoms with van der Waals surface area (Å²) in [5, 5.41) is 10.4. The topological polar surface area (TPSA) is 165 Å². The van der Waals surface area contributed by atoms with E-state index in [4.69, 9.17) is 9.72 Å². The van der Waals surface area contributed by atoms with Crippen LogP contribution in [0.5, 0.6) is 5.75 Å². The van der Waals surface area contributed by atoms with Crippen LogP contribution in [-0.2, 0) is 25.4 Å². The van der Waals surface area contributed by atoms with Gasteiger partial charge in [0, 0.05) is 98.7 Å². The predicted molar refractivity (Wildman–Crippen MR) is 258 cm³/mol. The van der Waals surface area contributed by atoms with Crippen LogP contribution in [0.1, 0.15) is 49.7 Å². The maximum absolute atomic E-state index is 15.2. The van der Waals surface area contributed by atoms with Gasteiger partial charge in [-0.15, -0.1) is 0 Å². The molecule has 1 unspecified atom stereocenters. The summed E-state index contributed by atoms with van der Waals surface area (Å²) in [6.45, 7) is 9.83. The lowest BCUT2D eigenvalue weighted by molar-refractivity contribution is -0.134. The van der Waals surface area contributed by atoms with Crippen LogP contribution < -0.4 is 35.8 Å². The van der Waals surface area contributed by atoms with Crippen molar-refractivity contribution in [3.8, 4) is 5.75 Å².